The Hall–Kier alpha value is -2.94. The summed E-state index contributed by atoms with van der Waals surface area (Å²) in [6.45, 7) is 0. The summed E-state index contributed by atoms with van der Waals surface area (Å²) in [5, 5.41) is 2.06. The Balaban J connectivity index is 1.81. The van der Waals surface area contributed by atoms with E-state index in [0.717, 1.165) is 21.8 Å². The smallest absolute Gasteiger partial charge is 0.227 e. The highest BCUT2D eigenvalue weighted by Crippen LogP contribution is 2.18. The van der Waals surface area contributed by atoms with Gasteiger partial charge in [-0.2, -0.15) is 0 Å². The zero-order chi connectivity index (χ0) is 14.2. The van der Waals surface area contributed by atoms with Gasteiger partial charge in [-0.15, -0.1) is 0 Å². The van der Waals surface area contributed by atoms with Gasteiger partial charge in [0.15, 0.2) is 0 Å². The number of aromatic amines is 1. The number of H-pyrrole nitrogens is 1. The van der Waals surface area contributed by atoms with Crippen LogP contribution in [-0.2, 0) is 0 Å². The number of para-hydroxylation sites is 2. The fourth-order valence-electron chi connectivity index (χ4n) is 2.53. The van der Waals surface area contributed by atoms with Crippen LogP contribution in [0.3, 0.4) is 0 Å². The van der Waals surface area contributed by atoms with E-state index in [4.69, 9.17) is 0 Å². The Labute approximate surface area is 121 Å². The van der Waals surface area contributed by atoms with Gasteiger partial charge in [0.05, 0.1) is 11.2 Å². The maximum atomic E-state index is 12.6. The number of aromatic nitrogens is 2. The molecule has 0 aliphatic carbocycles. The minimum atomic E-state index is -0.0862. The number of hydrogen-bond donors (Lipinski definition) is 1. The van der Waals surface area contributed by atoms with E-state index in [1.165, 1.54) is 0 Å². The lowest BCUT2D eigenvalue weighted by atomic mass is 10.1. The van der Waals surface area contributed by atoms with Gasteiger partial charge in [0.2, 0.25) is 5.78 Å². The highest BCUT2D eigenvalue weighted by molar-refractivity contribution is 6.09. The zero-order valence-corrected chi connectivity index (χ0v) is 11.2. The number of benzene rings is 2. The molecule has 4 aromatic rings. The van der Waals surface area contributed by atoms with Gasteiger partial charge in [0.25, 0.3) is 0 Å². The van der Waals surface area contributed by atoms with Gasteiger partial charge in [0, 0.05) is 16.3 Å². The number of hydrogen-bond acceptors (Lipinski definition) is 2. The Kier molecular flexibility index (Phi) is 2.57. The van der Waals surface area contributed by atoms with Crippen LogP contribution in [0.2, 0.25) is 0 Å². The van der Waals surface area contributed by atoms with Crippen molar-refractivity contribution >= 4 is 27.6 Å². The Morgan fingerprint density at radius 2 is 1.62 bits per heavy atom. The largest absolute Gasteiger partial charge is 0.352 e. The first-order chi connectivity index (χ1) is 10.3. The molecule has 3 heteroatoms. The molecule has 0 amide bonds. The summed E-state index contributed by atoms with van der Waals surface area (Å²) < 4.78 is 0. The lowest BCUT2D eigenvalue weighted by Crippen LogP contribution is -2.04. The molecule has 0 radical (unpaired) electrons. The molecule has 2 aromatic heterocycles. The van der Waals surface area contributed by atoms with E-state index in [0.29, 0.717) is 11.4 Å². The first kappa shape index (κ1) is 11.9. The van der Waals surface area contributed by atoms with Gasteiger partial charge in [-0.25, -0.2) is 4.98 Å². The van der Waals surface area contributed by atoms with Crippen LogP contribution < -0.4 is 0 Å². The van der Waals surface area contributed by atoms with Gasteiger partial charge < -0.3 is 4.98 Å². The molecule has 0 fully saturated rings. The molecule has 0 saturated heterocycles. The van der Waals surface area contributed by atoms with Crippen LogP contribution in [0.25, 0.3) is 21.8 Å². The first-order valence-corrected chi connectivity index (χ1v) is 6.79. The summed E-state index contributed by atoms with van der Waals surface area (Å²) in [4.78, 5) is 20.2. The number of fused-ring (bicyclic) bond motifs is 2. The molecule has 0 unspecified atom stereocenters. The molecule has 0 spiro atoms. The molecule has 0 saturated carbocycles. The summed E-state index contributed by atoms with van der Waals surface area (Å²) in [5.41, 5.74) is 2.82. The predicted molar refractivity (Wildman–Crippen MR) is 83.5 cm³/mol. The summed E-state index contributed by atoms with van der Waals surface area (Å²) in [5.74, 6) is -0.0862. The van der Waals surface area contributed by atoms with Crippen molar-refractivity contribution in [1.82, 2.24) is 9.97 Å². The van der Waals surface area contributed by atoms with Crippen LogP contribution in [0.1, 0.15) is 16.2 Å². The van der Waals surface area contributed by atoms with Crippen molar-refractivity contribution in [3.63, 3.8) is 0 Å². The molecule has 0 bridgehead atoms. The Bertz CT molecular complexity index is 936. The van der Waals surface area contributed by atoms with E-state index in [9.17, 15) is 4.79 Å². The van der Waals surface area contributed by atoms with Crippen molar-refractivity contribution in [2.24, 2.45) is 0 Å². The lowest BCUT2D eigenvalue weighted by Gasteiger charge is -2.00. The Morgan fingerprint density at radius 1 is 0.857 bits per heavy atom. The molecular formula is C18H12N2O. The van der Waals surface area contributed by atoms with E-state index in [-0.39, 0.29) is 5.78 Å². The van der Waals surface area contributed by atoms with Gasteiger partial charge in [-0.3, -0.25) is 4.79 Å². The van der Waals surface area contributed by atoms with Gasteiger partial charge >= 0.3 is 0 Å². The number of ketones is 1. The second-order valence-electron chi connectivity index (χ2n) is 4.99. The van der Waals surface area contributed by atoms with Gasteiger partial charge in [-0.1, -0.05) is 42.5 Å². The van der Waals surface area contributed by atoms with Crippen molar-refractivity contribution in [1.29, 1.82) is 0 Å². The SMILES string of the molecule is O=C(c1ccc2ccccc2n1)c1cc2ccccc2[nH]1. The first-order valence-electron chi connectivity index (χ1n) is 6.79. The fraction of sp³-hybridized carbons (Fsp3) is 0. The monoisotopic (exact) mass is 272 g/mol. The Morgan fingerprint density at radius 3 is 2.48 bits per heavy atom. The van der Waals surface area contributed by atoms with Crippen LogP contribution in [0, 0.1) is 0 Å². The van der Waals surface area contributed by atoms with Gasteiger partial charge in [0.1, 0.15) is 5.69 Å². The minimum Gasteiger partial charge on any atom is -0.352 e. The summed E-state index contributed by atoms with van der Waals surface area (Å²) in [6.07, 6.45) is 0. The maximum Gasteiger partial charge on any atom is 0.227 e. The average molecular weight is 272 g/mol. The molecule has 2 heterocycles. The third-order valence-corrected chi connectivity index (χ3v) is 3.61. The molecule has 0 aliphatic rings. The van der Waals surface area contributed by atoms with Crippen LogP contribution >= 0.6 is 0 Å². The molecule has 0 aliphatic heterocycles. The third kappa shape index (κ3) is 1.99. The van der Waals surface area contributed by atoms with Crippen molar-refractivity contribution in [3.8, 4) is 0 Å². The normalized spacial score (nSPS) is 11.0. The maximum absolute atomic E-state index is 12.6. The van der Waals surface area contributed by atoms with Gasteiger partial charge in [-0.05, 0) is 24.3 Å². The number of nitrogens with one attached hydrogen (secondary N) is 1. The van der Waals surface area contributed by atoms with Crippen molar-refractivity contribution in [3.05, 3.63) is 78.1 Å². The summed E-state index contributed by atoms with van der Waals surface area (Å²) in [7, 11) is 0. The number of carbonyl (C=O) groups excluding carboxylic acids is 1. The summed E-state index contributed by atoms with van der Waals surface area (Å²) >= 11 is 0. The third-order valence-electron chi connectivity index (χ3n) is 3.61. The molecule has 2 aromatic carbocycles. The number of nitrogens with zero attached hydrogens (tertiary/aromatic N) is 1. The molecule has 21 heavy (non-hydrogen) atoms. The lowest BCUT2D eigenvalue weighted by molar-refractivity contribution is 0.103. The predicted octanol–water partition coefficient (Wildman–Crippen LogP) is 3.95. The molecule has 100 valence electrons. The highest BCUT2D eigenvalue weighted by Gasteiger charge is 2.13. The van der Waals surface area contributed by atoms with Crippen molar-refractivity contribution in [2.75, 3.05) is 0 Å². The molecule has 3 nitrogen and oxygen atoms in total. The number of pyridine rings is 1. The quantitative estimate of drug-likeness (QED) is 0.562. The van der Waals surface area contributed by atoms with Crippen LogP contribution in [0.15, 0.2) is 66.7 Å². The molecule has 0 atom stereocenters. The van der Waals surface area contributed by atoms with Crippen LogP contribution in [0.5, 0.6) is 0 Å². The molecular weight excluding hydrogens is 260 g/mol. The zero-order valence-electron chi connectivity index (χ0n) is 11.2. The number of carbonyl (C=O) groups is 1. The van der Waals surface area contributed by atoms with E-state index >= 15 is 0 Å². The highest BCUT2D eigenvalue weighted by atomic mass is 16.1. The standard InChI is InChI=1S/C18H12N2O/c21-18(17-11-13-6-2-4-8-15(13)20-17)16-10-9-12-5-1-3-7-14(12)19-16/h1-11,20H. The van der Waals surface area contributed by atoms with E-state index in [2.05, 4.69) is 9.97 Å². The fourth-order valence-corrected chi connectivity index (χ4v) is 2.53. The van der Waals surface area contributed by atoms with Crippen molar-refractivity contribution < 1.29 is 4.79 Å². The summed E-state index contributed by atoms with van der Waals surface area (Å²) in [6, 6.07) is 21.2. The second-order valence-corrected chi connectivity index (χ2v) is 4.99. The number of rotatable bonds is 2. The van der Waals surface area contributed by atoms with Crippen LogP contribution in [-0.4, -0.2) is 15.8 Å². The topological polar surface area (TPSA) is 45.8 Å². The second kappa shape index (κ2) is 4.56. The minimum absolute atomic E-state index is 0.0862. The molecule has 4 rings (SSSR count). The van der Waals surface area contributed by atoms with E-state index < -0.39 is 0 Å². The van der Waals surface area contributed by atoms with Crippen molar-refractivity contribution in [2.45, 2.75) is 0 Å². The van der Waals surface area contributed by atoms with Crippen LogP contribution in [0.4, 0.5) is 0 Å². The molecule has 1 N–H and O–H groups in total. The van der Waals surface area contributed by atoms with E-state index in [1.807, 2.05) is 60.7 Å². The average Bonchev–Trinajstić information content (AvgIpc) is 2.97. The van der Waals surface area contributed by atoms with E-state index in [1.54, 1.807) is 6.07 Å².